The molecule has 1 aromatic carbocycles. The third-order valence-electron chi connectivity index (χ3n) is 3.82. The van der Waals surface area contributed by atoms with E-state index in [1.54, 1.807) is 12.1 Å². The first-order valence-electron chi connectivity index (χ1n) is 7.53. The van der Waals surface area contributed by atoms with Gasteiger partial charge in [-0.1, -0.05) is 26.0 Å². The summed E-state index contributed by atoms with van der Waals surface area (Å²) < 4.78 is 24.3. The first-order chi connectivity index (χ1) is 11.2. The quantitative estimate of drug-likeness (QED) is 0.850. The van der Waals surface area contributed by atoms with Gasteiger partial charge in [0.15, 0.2) is 5.13 Å². The zero-order chi connectivity index (χ0) is 17.9. The van der Waals surface area contributed by atoms with Gasteiger partial charge in [0.2, 0.25) is 15.9 Å². The van der Waals surface area contributed by atoms with Crippen LogP contribution in [-0.4, -0.2) is 32.6 Å². The van der Waals surface area contributed by atoms with Gasteiger partial charge < -0.3 is 5.32 Å². The standard InChI is InChI=1S/C16H21N3O3S2/c1-5-11(2)15(20)18-16-17-14(10-23-16)12-6-8-13(9-7-12)19(3)24(4,21)22/h6-11H,5H2,1-4H3,(H,17,18,20)/t11-/m1/s1. The summed E-state index contributed by atoms with van der Waals surface area (Å²) in [7, 11) is -1.77. The molecule has 0 saturated carbocycles. The van der Waals surface area contributed by atoms with Gasteiger partial charge in [0.05, 0.1) is 17.6 Å². The Kier molecular flexibility index (Phi) is 5.61. The second kappa shape index (κ2) is 7.31. The number of carbonyl (C=O) groups excluding carboxylic acids is 1. The Morgan fingerprint density at radius 1 is 1.33 bits per heavy atom. The van der Waals surface area contributed by atoms with E-state index in [2.05, 4.69) is 10.3 Å². The Morgan fingerprint density at radius 3 is 2.50 bits per heavy atom. The van der Waals surface area contributed by atoms with E-state index >= 15 is 0 Å². The average Bonchev–Trinajstić information content (AvgIpc) is 3.01. The molecule has 0 saturated heterocycles. The van der Waals surface area contributed by atoms with Gasteiger partial charge in [-0.3, -0.25) is 9.10 Å². The maximum Gasteiger partial charge on any atom is 0.231 e. The van der Waals surface area contributed by atoms with Crippen LogP contribution in [0.2, 0.25) is 0 Å². The van der Waals surface area contributed by atoms with Crippen LogP contribution in [-0.2, 0) is 14.8 Å². The first-order valence-corrected chi connectivity index (χ1v) is 10.3. The van der Waals surface area contributed by atoms with Crippen molar-refractivity contribution in [3.05, 3.63) is 29.6 Å². The summed E-state index contributed by atoms with van der Waals surface area (Å²) in [6.07, 6.45) is 1.94. The minimum absolute atomic E-state index is 0.0384. The van der Waals surface area contributed by atoms with Crippen molar-refractivity contribution >= 4 is 38.1 Å². The summed E-state index contributed by atoms with van der Waals surface area (Å²) >= 11 is 1.37. The highest BCUT2D eigenvalue weighted by Crippen LogP contribution is 2.27. The van der Waals surface area contributed by atoms with Crippen LogP contribution in [0, 0.1) is 5.92 Å². The van der Waals surface area contributed by atoms with Crippen LogP contribution in [0.3, 0.4) is 0 Å². The maximum atomic E-state index is 11.9. The summed E-state index contributed by atoms with van der Waals surface area (Å²) in [4.78, 5) is 16.3. The van der Waals surface area contributed by atoms with Crippen molar-refractivity contribution in [3.63, 3.8) is 0 Å². The van der Waals surface area contributed by atoms with Crippen molar-refractivity contribution in [3.8, 4) is 11.3 Å². The first kappa shape index (κ1) is 18.4. The fourth-order valence-electron chi connectivity index (χ4n) is 1.91. The summed E-state index contributed by atoms with van der Waals surface area (Å²) in [6, 6.07) is 7.08. The monoisotopic (exact) mass is 367 g/mol. The Balaban J connectivity index is 2.14. The number of hydrogen-bond donors (Lipinski definition) is 1. The lowest BCUT2D eigenvalue weighted by atomic mass is 10.1. The minimum Gasteiger partial charge on any atom is -0.302 e. The summed E-state index contributed by atoms with van der Waals surface area (Å²) in [6.45, 7) is 3.84. The highest BCUT2D eigenvalue weighted by atomic mass is 32.2. The minimum atomic E-state index is -3.28. The van der Waals surface area contributed by atoms with Crippen LogP contribution >= 0.6 is 11.3 Å². The van der Waals surface area contributed by atoms with Crippen LogP contribution in [0.25, 0.3) is 11.3 Å². The molecule has 8 heteroatoms. The number of thiazole rings is 1. The second-order valence-corrected chi connectivity index (χ2v) is 8.49. The molecule has 1 atom stereocenters. The predicted octanol–water partition coefficient (Wildman–Crippen LogP) is 3.19. The van der Waals surface area contributed by atoms with Gasteiger partial charge in [-0.05, 0) is 18.6 Å². The molecule has 0 unspecified atom stereocenters. The predicted molar refractivity (Wildman–Crippen MR) is 98.9 cm³/mol. The van der Waals surface area contributed by atoms with E-state index < -0.39 is 10.0 Å². The van der Waals surface area contributed by atoms with Crippen molar-refractivity contribution in [2.75, 3.05) is 22.9 Å². The second-order valence-electron chi connectivity index (χ2n) is 5.61. The molecule has 1 amide bonds. The molecule has 2 aromatic rings. The lowest BCUT2D eigenvalue weighted by molar-refractivity contribution is -0.119. The lowest BCUT2D eigenvalue weighted by Gasteiger charge is -2.16. The molecular weight excluding hydrogens is 346 g/mol. The zero-order valence-electron chi connectivity index (χ0n) is 14.1. The van der Waals surface area contributed by atoms with E-state index in [1.165, 1.54) is 22.7 Å². The number of sulfonamides is 1. The molecule has 1 heterocycles. The Hall–Kier alpha value is -1.93. The van der Waals surface area contributed by atoms with Gasteiger partial charge in [-0.25, -0.2) is 13.4 Å². The zero-order valence-corrected chi connectivity index (χ0v) is 15.7. The van der Waals surface area contributed by atoms with Crippen molar-refractivity contribution in [2.24, 2.45) is 5.92 Å². The molecule has 0 aliphatic heterocycles. The largest absolute Gasteiger partial charge is 0.302 e. The summed E-state index contributed by atoms with van der Waals surface area (Å²) in [5, 5.41) is 5.24. The van der Waals surface area contributed by atoms with Crippen LogP contribution in [0.15, 0.2) is 29.6 Å². The summed E-state index contributed by atoms with van der Waals surface area (Å²) in [5.74, 6) is -0.0910. The topological polar surface area (TPSA) is 79.4 Å². The molecule has 2 rings (SSSR count). The number of nitrogens with zero attached hydrogens (tertiary/aromatic N) is 2. The number of rotatable bonds is 6. The fourth-order valence-corrected chi connectivity index (χ4v) is 3.14. The third-order valence-corrected chi connectivity index (χ3v) is 5.78. The molecule has 1 aromatic heterocycles. The van der Waals surface area contributed by atoms with Gasteiger partial charge in [0.1, 0.15) is 0 Å². The molecule has 0 aliphatic rings. The SMILES string of the molecule is CC[C@@H](C)C(=O)Nc1nc(-c2ccc(N(C)S(C)(=O)=O)cc2)cs1. The smallest absolute Gasteiger partial charge is 0.231 e. The Morgan fingerprint density at radius 2 is 1.96 bits per heavy atom. The van der Waals surface area contributed by atoms with Crippen LogP contribution in [0.1, 0.15) is 20.3 Å². The Labute approximate surface area is 146 Å². The van der Waals surface area contributed by atoms with Gasteiger partial charge in [0.25, 0.3) is 0 Å². The van der Waals surface area contributed by atoms with E-state index in [-0.39, 0.29) is 11.8 Å². The van der Waals surface area contributed by atoms with E-state index in [0.717, 1.165) is 23.9 Å². The molecule has 0 bridgehead atoms. The maximum absolute atomic E-state index is 11.9. The summed E-state index contributed by atoms with van der Waals surface area (Å²) in [5.41, 5.74) is 2.19. The number of amides is 1. The van der Waals surface area contributed by atoms with Gasteiger partial charge in [0, 0.05) is 23.9 Å². The normalized spacial score (nSPS) is 12.7. The van der Waals surface area contributed by atoms with Crippen molar-refractivity contribution in [1.82, 2.24) is 4.98 Å². The molecule has 0 spiro atoms. The number of benzene rings is 1. The van der Waals surface area contributed by atoms with Gasteiger partial charge >= 0.3 is 0 Å². The number of aromatic nitrogens is 1. The van der Waals surface area contributed by atoms with Crippen LogP contribution < -0.4 is 9.62 Å². The molecule has 130 valence electrons. The van der Waals surface area contributed by atoms with Crippen LogP contribution in [0.5, 0.6) is 0 Å². The van der Waals surface area contributed by atoms with Gasteiger partial charge in [-0.15, -0.1) is 11.3 Å². The van der Waals surface area contributed by atoms with E-state index in [0.29, 0.717) is 10.8 Å². The molecule has 24 heavy (non-hydrogen) atoms. The highest BCUT2D eigenvalue weighted by Gasteiger charge is 2.14. The number of anilines is 2. The van der Waals surface area contributed by atoms with Crippen molar-refractivity contribution < 1.29 is 13.2 Å². The molecule has 6 nitrogen and oxygen atoms in total. The molecule has 0 fully saturated rings. The van der Waals surface area contributed by atoms with E-state index in [4.69, 9.17) is 0 Å². The lowest BCUT2D eigenvalue weighted by Crippen LogP contribution is -2.24. The van der Waals surface area contributed by atoms with Gasteiger partial charge in [-0.2, -0.15) is 0 Å². The third kappa shape index (κ3) is 4.33. The van der Waals surface area contributed by atoms with Crippen molar-refractivity contribution in [1.29, 1.82) is 0 Å². The number of hydrogen-bond acceptors (Lipinski definition) is 5. The molecule has 0 aliphatic carbocycles. The fraction of sp³-hybridized carbons (Fsp3) is 0.375. The average molecular weight is 367 g/mol. The van der Waals surface area contributed by atoms with E-state index in [9.17, 15) is 13.2 Å². The molecule has 0 radical (unpaired) electrons. The molecule has 1 N–H and O–H groups in total. The van der Waals surface area contributed by atoms with Crippen molar-refractivity contribution in [2.45, 2.75) is 20.3 Å². The number of carbonyl (C=O) groups is 1. The van der Waals surface area contributed by atoms with E-state index in [1.807, 2.05) is 31.4 Å². The Bertz CT molecular complexity index is 813. The molecular formula is C16H21N3O3S2. The number of nitrogens with one attached hydrogen (secondary N) is 1. The highest BCUT2D eigenvalue weighted by molar-refractivity contribution is 7.92. The van der Waals surface area contributed by atoms with Crippen LogP contribution in [0.4, 0.5) is 10.8 Å².